The van der Waals surface area contributed by atoms with Crippen LogP contribution in [0.15, 0.2) is 30.3 Å². The zero-order chi connectivity index (χ0) is 15.3. The molecule has 1 heterocycles. The monoisotopic (exact) mass is 291 g/mol. The molecule has 21 heavy (non-hydrogen) atoms. The molecule has 1 atom stereocenters. The predicted octanol–water partition coefficient (Wildman–Crippen LogP) is 2.36. The molecule has 0 aliphatic carbocycles. The average molecular weight is 291 g/mol. The highest BCUT2D eigenvalue weighted by Crippen LogP contribution is 2.21. The number of esters is 1. The molecule has 0 amide bonds. The highest BCUT2D eigenvalue weighted by Gasteiger charge is 2.36. The van der Waals surface area contributed by atoms with E-state index in [9.17, 15) is 9.90 Å². The topological polar surface area (TPSA) is 49.8 Å². The van der Waals surface area contributed by atoms with Crippen molar-refractivity contribution in [2.24, 2.45) is 0 Å². The van der Waals surface area contributed by atoms with Crippen LogP contribution in [0.1, 0.15) is 38.7 Å². The van der Waals surface area contributed by atoms with Gasteiger partial charge in [0.05, 0.1) is 0 Å². The van der Waals surface area contributed by atoms with Crippen molar-refractivity contribution in [3.63, 3.8) is 0 Å². The molecule has 0 aromatic heterocycles. The molecule has 0 bridgehead atoms. The van der Waals surface area contributed by atoms with Crippen molar-refractivity contribution in [2.45, 2.75) is 51.4 Å². The van der Waals surface area contributed by atoms with Crippen LogP contribution in [-0.2, 0) is 16.1 Å². The molecule has 1 unspecified atom stereocenters. The van der Waals surface area contributed by atoms with E-state index in [2.05, 4.69) is 17.0 Å². The molecule has 0 spiro atoms. The molecule has 4 nitrogen and oxygen atoms in total. The minimum Gasteiger partial charge on any atom is -0.459 e. The first-order chi connectivity index (χ1) is 10.1. The molecule has 1 N–H and O–H groups in total. The fourth-order valence-corrected chi connectivity index (χ4v) is 2.68. The number of hydrogen-bond acceptors (Lipinski definition) is 4. The molecular weight excluding hydrogens is 266 g/mol. The van der Waals surface area contributed by atoms with Crippen molar-refractivity contribution in [2.75, 3.05) is 13.1 Å². The van der Waals surface area contributed by atoms with Crippen LogP contribution in [-0.4, -0.2) is 40.8 Å². The molecule has 116 valence electrons. The minimum absolute atomic E-state index is 0.106. The fraction of sp³-hybridized carbons (Fsp3) is 0.588. The molecular formula is C17H25NO3. The van der Waals surface area contributed by atoms with Crippen molar-refractivity contribution in [3.8, 4) is 0 Å². The summed E-state index contributed by atoms with van der Waals surface area (Å²) in [7, 11) is 0. The number of hydrogen-bond donors (Lipinski definition) is 1. The van der Waals surface area contributed by atoms with E-state index in [4.69, 9.17) is 4.74 Å². The number of ether oxygens (including phenoxy) is 1. The maximum absolute atomic E-state index is 12.1. The van der Waals surface area contributed by atoms with Crippen molar-refractivity contribution < 1.29 is 14.6 Å². The van der Waals surface area contributed by atoms with Gasteiger partial charge in [0.15, 0.2) is 5.60 Å². The van der Waals surface area contributed by atoms with Gasteiger partial charge in [-0.05, 0) is 24.8 Å². The van der Waals surface area contributed by atoms with Crippen LogP contribution in [0.3, 0.4) is 0 Å². The summed E-state index contributed by atoms with van der Waals surface area (Å²) >= 11 is 0. The standard InChI is InChI=1S/C17H25NO3/c1-3-17(20,4-2)16(19)21-15-10-11-18(13-15)12-14-8-6-5-7-9-14/h5-9,15,20H,3-4,10-13H2,1-2H3. The molecule has 2 rings (SSSR count). The second-order valence-corrected chi connectivity index (χ2v) is 5.78. The number of benzene rings is 1. The highest BCUT2D eigenvalue weighted by molar-refractivity contribution is 5.79. The van der Waals surface area contributed by atoms with Gasteiger partial charge in [0.2, 0.25) is 0 Å². The number of nitrogens with zero attached hydrogens (tertiary/aromatic N) is 1. The summed E-state index contributed by atoms with van der Waals surface area (Å²) in [4.78, 5) is 14.3. The van der Waals surface area contributed by atoms with E-state index in [-0.39, 0.29) is 6.10 Å². The van der Waals surface area contributed by atoms with Gasteiger partial charge in [-0.15, -0.1) is 0 Å². The first-order valence-corrected chi connectivity index (χ1v) is 7.77. The van der Waals surface area contributed by atoms with Crippen LogP contribution in [0, 0.1) is 0 Å². The van der Waals surface area contributed by atoms with Crippen LogP contribution in [0.4, 0.5) is 0 Å². The minimum atomic E-state index is -1.33. The van der Waals surface area contributed by atoms with E-state index < -0.39 is 11.6 Å². The van der Waals surface area contributed by atoms with Gasteiger partial charge in [-0.25, -0.2) is 4.79 Å². The van der Waals surface area contributed by atoms with E-state index in [0.29, 0.717) is 12.8 Å². The van der Waals surface area contributed by atoms with Crippen LogP contribution in [0.2, 0.25) is 0 Å². The zero-order valence-corrected chi connectivity index (χ0v) is 12.9. The number of aliphatic hydroxyl groups is 1. The molecule has 0 saturated carbocycles. The SMILES string of the molecule is CCC(O)(CC)C(=O)OC1CCN(Cc2ccccc2)C1. The Morgan fingerprint density at radius 2 is 2.00 bits per heavy atom. The van der Waals surface area contributed by atoms with E-state index in [1.165, 1.54) is 5.56 Å². The summed E-state index contributed by atoms with van der Waals surface area (Å²) in [6, 6.07) is 10.3. The normalized spacial score (nSPS) is 19.7. The van der Waals surface area contributed by atoms with Crippen LogP contribution in [0.5, 0.6) is 0 Å². The first-order valence-electron chi connectivity index (χ1n) is 7.77. The third-order valence-electron chi connectivity index (χ3n) is 4.30. The molecule has 1 aromatic rings. The van der Waals surface area contributed by atoms with Gasteiger partial charge in [0.1, 0.15) is 6.10 Å². The van der Waals surface area contributed by atoms with Gasteiger partial charge < -0.3 is 9.84 Å². The maximum atomic E-state index is 12.1. The lowest BCUT2D eigenvalue weighted by molar-refractivity contribution is -0.171. The predicted molar refractivity (Wildman–Crippen MR) is 81.7 cm³/mol. The molecule has 0 radical (unpaired) electrons. The maximum Gasteiger partial charge on any atom is 0.338 e. The van der Waals surface area contributed by atoms with Gasteiger partial charge in [-0.3, -0.25) is 4.90 Å². The third kappa shape index (κ3) is 4.05. The smallest absolute Gasteiger partial charge is 0.338 e. The zero-order valence-electron chi connectivity index (χ0n) is 12.9. The van der Waals surface area contributed by atoms with Gasteiger partial charge in [-0.2, -0.15) is 0 Å². The number of likely N-dealkylation sites (tertiary alicyclic amines) is 1. The second-order valence-electron chi connectivity index (χ2n) is 5.78. The van der Waals surface area contributed by atoms with Crippen molar-refractivity contribution in [1.82, 2.24) is 4.90 Å². The Balaban J connectivity index is 1.84. The van der Waals surface area contributed by atoms with Crippen molar-refractivity contribution in [1.29, 1.82) is 0 Å². The summed E-state index contributed by atoms with van der Waals surface area (Å²) in [5.74, 6) is -0.473. The first kappa shape index (κ1) is 16.0. The number of rotatable bonds is 6. The van der Waals surface area contributed by atoms with E-state index in [1.54, 1.807) is 13.8 Å². The average Bonchev–Trinajstić information content (AvgIpc) is 2.94. The summed E-state index contributed by atoms with van der Waals surface area (Å²) in [5.41, 5.74) is -0.0598. The lowest BCUT2D eigenvalue weighted by atomic mass is 9.98. The van der Waals surface area contributed by atoms with Gasteiger partial charge >= 0.3 is 5.97 Å². The van der Waals surface area contributed by atoms with E-state index >= 15 is 0 Å². The Kier molecular flexibility index (Phi) is 5.37. The van der Waals surface area contributed by atoms with Crippen molar-refractivity contribution in [3.05, 3.63) is 35.9 Å². The number of carbonyl (C=O) groups is 1. The van der Waals surface area contributed by atoms with Crippen LogP contribution >= 0.6 is 0 Å². The van der Waals surface area contributed by atoms with Crippen molar-refractivity contribution >= 4 is 5.97 Å². The summed E-state index contributed by atoms with van der Waals surface area (Å²) < 4.78 is 5.50. The van der Waals surface area contributed by atoms with E-state index in [1.807, 2.05) is 18.2 Å². The summed E-state index contributed by atoms with van der Waals surface area (Å²) in [6.07, 6.45) is 1.51. The Hall–Kier alpha value is -1.39. The molecule has 4 heteroatoms. The Bertz CT molecular complexity index is 456. The third-order valence-corrected chi connectivity index (χ3v) is 4.30. The van der Waals surface area contributed by atoms with Crippen LogP contribution < -0.4 is 0 Å². The number of carbonyl (C=O) groups excluding carboxylic acids is 1. The summed E-state index contributed by atoms with van der Waals surface area (Å²) in [6.45, 7) is 6.15. The molecule has 1 aromatic carbocycles. The van der Waals surface area contributed by atoms with E-state index in [0.717, 1.165) is 26.1 Å². The Morgan fingerprint density at radius 3 is 2.62 bits per heavy atom. The van der Waals surface area contributed by atoms with Gasteiger partial charge in [-0.1, -0.05) is 44.2 Å². The lowest BCUT2D eigenvalue weighted by Crippen LogP contribution is -2.41. The van der Waals surface area contributed by atoms with Gasteiger partial charge in [0, 0.05) is 19.6 Å². The molecule has 1 aliphatic rings. The highest BCUT2D eigenvalue weighted by atomic mass is 16.6. The lowest BCUT2D eigenvalue weighted by Gasteiger charge is -2.25. The van der Waals surface area contributed by atoms with Crippen LogP contribution in [0.25, 0.3) is 0 Å². The largest absolute Gasteiger partial charge is 0.459 e. The Labute approximate surface area is 126 Å². The second kappa shape index (κ2) is 7.05. The molecule has 1 fully saturated rings. The Morgan fingerprint density at radius 1 is 1.33 bits per heavy atom. The molecule has 1 saturated heterocycles. The summed E-state index contributed by atoms with van der Waals surface area (Å²) in [5, 5.41) is 10.2. The fourth-order valence-electron chi connectivity index (χ4n) is 2.68. The quantitative estimate of drug-likeness (QED) is 0.817. The van der Waals surface area contributed by atoms with Gasteiger partial charge in [0.25, 0.3) is 0 Å². The molecule has 1 aliphatic heterocycles.